The molecule has 0 unspecified atom stereocenters. The van der Waals surface area contributed by atoms with Gasteiger partial charge in [-0.25, -0.2) is 4.79 Å². The Balaban J connectivity index is 2.62. The number of methoxy groups -OCH3 is 1. The molecule has 1 amide bonds. The van der Waals surface area contributed by atoms with Crippen LogP contribution < -0.4 is 5.32 Å². The Kier molecular flexibility index (Phi) is 4.20. The zero-order chi connectivity index (χ0) is 12.9. The van der Waals surface area contributed by atoms with Crippen LogP contribution in [0.3, 0.4) is 0 Å². The van der Waals surface area contributed by atoms with Gasteiger partial charge in [0.1, 0.15) is 0 Å². The SMILES string of the molecule is COC(=O)C(=O)NCC(C)(C)c1cccnc1. The van der Waals surface area contributed by atoms with Crippen LogP contribution in [0, 0.1) is 0 Å². The predicted molar refractivity (Wildman–Crippen MR) is 62.3 cm³/mol. The van der Waals surface area contributed by atoms with E-state index in [-0.39, 0.29) is 5.41 Å². The van der Waals surface area contributed by atoms with Crippen LogP contribution in [0.15, 0.2) is 24.5 Å². The molecule has 0 aliphatic carbocycles. The van der Waals surface area contributed by atoms with E-state index in [2.05, 4.69) is 15.0 Å². The molecule has 0 radical (unpaired) electrons. The molecule has 92 valence electrons. The molecular weight excluding hydrogens is 220 g/mol. The van der Waals surface area contributed by atoms with Crippen LogP contribution in [0.4, 0.5) is 0 Å². The van der Waals surface area contributed by atoms with Crippen molar-refractivity contribution in [1.29, 1.82) is 0 Å². The largest absolute Gasteiger partial charge is 0.462 e. The van der Waals surface area contributed by atoms with Crippen molar-refractivity contribution in [3.63, 3.8) is 0 Å². The van der Waals surface area contributed by atoms with Gasteiger partial charge in [-0.05, 0) is 11.6 Å². The summed E-state index contributed by atoms with van der Waals surface area (Å²) in [7, 11) is 1.17. The minimum atomic E-state index is -0.882. The van der Waals surface area contributed by atoms with Crippen LogP contribution in [0.25, 0.3) is 0 Å². The van der Waals surface area contributed by atoms with Crippen LogP contribution >= 0.6 is 0 Å². The average Bonchev–Trinajstić information content (AvgIpc) is 2.36. The fraction of sp³-hybridized carbons (Fsp3) is 0.417. The molecule has 1 aromatic rings. The standard InChI is InChI=1S/C12H16N2O3/c1-12(2,9-5-4-6-13-7-9)8-14-10(15)11(16)17-3/h4-7H,8H2,1-3H3,(H,14,15). The van der Waals surface area contributed by atoms with E-state index < -0.39 is 11.9 Å². The first-order valence-electron chi connectivity index (χ1n) is 5.24. The molecule has 0 saturated heterocycles. The van der Waals surface area contributed by atoms with Crippen molar-refractivity contribution in [2.24, 2.45) is 0 Å². The van der Waals surface area contributed by atoms with E-state index in [1.165, 1.54) is 7.11 Å². The molecule has 0 fully saturated rings. The molecule has 0 saturated carbocycles. The van der Waals surface area contributed by atoms with E-state index in [1.807, 2.05) is 26.0 Å². The minimum absolute atomic E-state index is 0.294. The van der Waals surface area contributed by atoms with Crippen molar-refractivity contribution >= 4 is 11.9 Å². The number of amides is 1. The van der Waals surface area contributed by atoms with Crippen molar-refractivity contribution in [1.82, 2.24) is 10.3 Å². The van der Waals surface area contributed by atoms with Gasteiger partial charge in [0.2, 0.25) is 0 Å². The van der Waals surface area contributed by atoms with Gasteiger partial charge in [0.05, 0.1) is 7.11 Å². The number of aromatic nitrogens is 1. The Morgan fingerprint density at radius 3 is 2.71 bits per heavy atom. The van der Waals surface area contributed by atoms with Crippen LogP contribution in [0.2, 0.25) is 0 Å². The molecule has 1 rings (SSSR count). The van der Waals surface area contributed by atoms with Crippen molar-refractivity contribution in [3.05, 3.63) is 30.1 Å². The van der Waals surface area contributed by atoms with Crippen molar-refractivity contribution in [2.75, 3.05) is 13.7 Å². The highest BCUT2D eigenvalue weighted by Crippen LogP contribution is 2.20. The molecule has 0 aliphatic heterocycles. The first kappa shape index (κ1) is 13.2. The van der Waals surface area contributed by atoms with Gasteiger partial charge >= 0.3 is 11.9 Å². The third-order valence-electron chi connectivity index (χ3n) is 2.50. The van der Waals surface area contributed by atoms with E-state index in [0.717, 1.165) is 5.56 Å². The number of carbonyl (C=O) groups is 2. The molecule has 5 heteroatoms. The van der Waals surface area contributed by atoms with Gasteiger partial charge in [-0.3, -0.25) is 9.78 Å². The van der Waals surface area contributed by atoms with Crippen molar-refractivity contribution in [2.45, 2.75) is 19.3 Å². The summed E-state index contributed by atoms with van der Waals surface area (Å²) >= 11 is 0. The topological polar surface area (TPSA) is 68.3 Å². The number of pyridine rings is 1. The highest BCUT2D eigenvalue weighted by molar-refractivity contribution is 6.32. The Labute approximate surface area is 100 Å². The third kappa shape index (κ3) is 3.55. The average molecular weight is 236 g/mol. The van der Waals surface area contributed by atoms with E-state index >= 15 is 0 Å². The summed E-state index contributed by atoms with van der Waals surface area (Å²) < 4.78 is 4.32. The molecule has 1 aromatic heterocycles. The van der Waals surface area contributed by atoms with Crippen LogP contribution in [-0.2, 0) is 19.7 Å². The van der Waals surface area contributed by atoms with E-state index in [9.17, 15) is 9.59 Å². The Morgan fingerprint density at radius 2 is 2.18 bits per heavy atom. The molecule has 0 aromatic carbocycles. The number of carbonyl (C=O) groups excluding carboxylic acids is 2. The van der Waals surface area contributed by atoms with Crippen molar-refractivity contribution < 1.29 is 14.3 Å². The summed E-state index contributed by atoms with van der Waals surface area (Å²) in [6.45, 7) is 4.26. The zero-order valence-electron chi connectivity index (χ0n) is 10.2. The highest BCUT2D eigenvalue weighted by atomic mass is 16.5. The van der Waals surface area contributed by atoms with Gasteiger partial charge in [0.15, 0.2) is 0 Å². The van der Waals surface area contributed by atoms with Crippen LogP contribution in [0.1, 0.15) is 19.4 Å². The van der Waals surface area contributed by atoms with Gasteiger partial charge in [0.25, 0.3) is 0 Å². The number of hydrogen-bond donors (Lipinski definition) is 1. The van der Waals surface area contributed by atoms with Gasteiger partial charge in [-0.1, -0.05) is 19.9 Å². The Morgan fingerprint density at radius 1 is 1.47 bits per heavy atom. The van der Waals surface area contributed by atoms with Gasteiger partial charge in [0, 0.05) is 24.4 Å². The molecule has 1 N–H and O–H groups in total. The normalized spacial score (nSPS) is 10.8. The molecule has 0 atom stereocenters. The van der Waals surface area contributed by atoms with E-state index in [4.69, 9.17) is 0 Å². The first-order valence-corrected chi connectivity index (χ1v) is 5.24. The monoisotopic (exact) mass is 236 g/mol. The summed E-state index contributed by atoms with van der Waals surface area (Å²) in [6.07, 6.45) is 3.43. The highest BCUT2D eigenvalue weighted by Gasteiger charge is 2.23. The number of rotatable bonds is 3. The zero-order valence-corrected chi connectivity index (χ0v) is 10.2. The quantitative estimate of drug-likeness (QED) is 0.618. The minimum Gasteiger partial charge on any atom is -0.462 e. The predicted octanol–water partition coefficient (Wildman–Crippen LogP) is 0.648. The van der Waals surface area contributed by atoms with Gasteiger partial charge in [-0.2, -0.15) is 0 Å². The maximum absolute atomic E-state index is 11.3. The number of hydrogen-bond acceptors (Lipinski definition) is 4. The lowest BCUT2D eigenvalue weighted by Crippen LogP contribution is -2.40. The maximum Gasteiger partial charge on any atom is 0.396 e. The van der Waals surface area contributed by atoms with E-state index in [1.54, 1.807) is 12.4 Å². The number of nitrogens with zero attached hydrogens (tertiary/aromatic N) is 1. The molecule has 0 spiro atoms. The van der Waals surface area contributed by atoms with E-state index in [0.29, 0.717) is 6.54 Å². The maximum atomic E-state index is 11.3. The van der Waals surface area contributed by atoms with Crippen LogP contribution in [0.5, 0.6) is 0 Å². The summed E-state index contributed by atoms with van der Waals surface area (Å²) in [5.74, 6) is -1.61. The molecule has 5 nitrogen and oxygen atoms in total. The van der Waals surface area contributed by atoms with Crippen molar-refractivity contribution in [3.8, 4) is 0 Å². The molecule has 1 heterocycles. The number of nitrogens with one attached hydrogen (secondary N) is 1. The first-order chi connectivity index (χ1) is 7.97. The molecule has 0 bridgehead atoms. The summed E-state index contributed by atoms with van der Waals surface area (Å²) in [5, 5.41) is 2.53. The second-order valence-electron chi connectivity index (χ2n) is 4.30. The van der Waals surface area contributed by atoms with Gasteiger partial charge in [-0.15, -0.1) is 0 Å². The fourth-order valence-corrected chi connectivity index (χ4v) is 1.33. The molecule has 17 heavy (non-hydrogen) atoms. The second-order valence-corrected chi connectivity index (χ2v) is 4.30. The third-order valence-corrected chi connectivity index (χ3v) is 2.50. The Hall–Kier alpha value is -1.91. The smallest absolute Gasteiger partial charge is 0.396 e. The summed E-state index contributed by atoms with van der Waals surface area (Å²) in [6, 6.07) is 3.76. The Bertz CT molecular complexity index is 401. The molecule has 0 aliphatic rings. The second kappa shape index (κ2) is 5.43. The summed E-state index contributed by atoms with van der Waals surface area (Å²) in [4.78, 5) is 26.2. The number of ether oxygens (including phenoxy) is 1. The van der Waals surface area contributed by atoms with Gasteiger partial charge < -0.3 is 10.1 Å². The van der Waals surface area contributed by atoms with Crippen LogP contribution in [-0.4, -0.2) is 30.5 Å². The lowest BCUT2D eigenvalue weighted by Gasteiger charge is -2.24. The summed E-state index contributed by atoms with van der Waals surface area (Å²) in [5.41, 5.74) is 0.697. The number of esters is 1. The fourth-order valence-electron chi connectivity index (χ4n) is 1.33. The lowest BCUT2D eigenvalue weighted by molar-refractivity contribution is -0.152. The molecular formula is C12H16N2O3. The lowest BCUT2D eigenvalue weighted by atomic mass is 9.86.